The molecule has 0 bridgehead atoms. The average molecular weight is 296 g/mol. The highest BCUT2D eigenvalue weighted by Crippen LogP contribution is 2.36. The quantitative estimate of drug-likeness (QED) is 0.901. The number of rotatable bonds is 4. The van der Waals surface area contributed by atoms with Crippen LogP contribution in [0.5, 0.6) is 0 Å². The molecule has 2 unspecified atom stereocenters. The number of nitrogens with two attached hydrogens (primary N) is 1. The van der Waals surface area contributed by atoms with Crippen molar-refractivity contribution in [3.05, 3.63) is 56.2 Å². The summed E-state index contributed by atoms with van der Waals surface area (Å²) in [5.74, 6) is -0.129. The highest BCUT2D eigenvalue weighted by atomic mass is 35.5. The maximum atomic E-state index is 10.5. The van der Waals surface area contributed by atoms with Crippen molar-refractivity contribution in [3.63, 3.8) is 0 Å². The van der Waals surface area contributed by atoms with E-state index >= 15 is 0 Å². The molecule has 2 rings (SSSR count). The van der Waals surface area contributed by atoms with E-state index in [1.54, 1.807) is 11.3 Å². The van der Waals surface area contributed by atoms with Crippen LogP contribution in [0.1, 0.15) is 32.9 Å². The second-order valence-corrected chi connectivity index (χ2v) is 6.45. The molecular formula is C15H18ClNOS. The maximum Gasteiger partial charge on any atom is 0.0962 e. The van der Waals surface area contributed by atoms with Crippen LogP contribution in [-0.2, 0) is 0 Å². The summed E-state index contributed by atoms with van der Waals surface area (Å²) in [6, 6.07) is 9.58. The van der Waals surface area contributed by atoms with Crippen LogP contribution in [0.3, 0.4) is 0 Å². The first kappa shape index (κ1) is 14.5. The Bertz CT molecular complexity index is 548. The van der Waals surface area contributed by atoms with Crippen molar-refractivity contribution in [3.8, 4) is 0 Å². The van der Waals surface area contributed by atoms with Gasteiger partial charge >= 0.3 is 0 Å². The topological polar surface area (TPSA) is 46.2 Å². The zero-order valence-electron chi connectivity index (χ0n) is 11.1. The first-order valence-electron chi connectivity index (χ1n) is 6.23. The third kappa shape index (κ3) is 3.18. The van der Waals surface area contributed by atoms with Crippen molar-refractivity contribution < 1.29 is 5.11 Å². The first-order valence-corrected chi connectivity index (χ1v) is 7.43. The number of aliphatic hydroxyl groups excluding tert-OH is 1. The number of hydrogen-bond donors (Lipinski definition) is 2. The van der Waals surface area contributed by atoms with Crippen LogP contribution in [0.2, 0.25) is 5.02 Å². The van der Waals surface area contributed by atoms with E-state index < -0.39 is 6.10 Å². The molecule has 0 aliphatic rings. The lowest BCUT2D eigenvalue weighted by Gasteiger charge is -2.21. The van der Waals surface area contributed by atoms with Crippen LogP contribution in [-0.4, -0.2) is 11.7 Å². The van der Waals surface area contributed by atoms with Gasteiger partial charge in [-0.15, -0.1) is 11.3 Å². The summed E-state index contributed by atoms with van der Waals surface area (Å²) in [5.41, 5.74) is 8.03. The fourth-order valence-electron chi connectivity index (χ4n) is 2.13. The second-order valence-electron chi connectivity index (χ2n) is 4.73. The van der Waals surface area contributed by atoms with Crippen molar-refractivity contribution in [2.24, 2.45) is 5.73 Å². The zero-order valence-corrected chi connectivity index (χ0v) is 12.6. The number of halogens is 1. The van der Waals surface area contributed by atoms with Gasteiger partial charge < -0.3 is 10.8 Å². The van der Waals surface area contributed by atoms with E-state index in [0.717, 1.165) is 10.4 Å². The summed E-state index contributed by atoms with van der Waals surface area (Å²) >= 11 is 7.63. The molecular weight excluding hydrogens is 278 g/mol. The second kappa shape index (κ2) is 6.06. The molecule has 19 heavy (non-hydrogen) atoms. The van der Waals surface area contributed by atoms with Gasteiger partial charge in [0.05, 0.1) is 6.10 Å². The van der Waals surface area contributed by atoms with Gasteiger partial charge in [-0.3, -0.25) is 0 Å². The van der Waals surface area contributed by atoms with Crippen LogP contribution < -0.4 is 5.73 Å². The monoisotopic (exact) mass is 295 g/mol. The Balaban J connectivity index is 2.31. The third-order valence-corrected chi connectivity index (χ3v) is 4.85. The normalized spacial score (nSPS) is 14.4. The van der Waals surface area contributed by atoms with Gasteiger partial charge in [-0.25, -0.2) is 0 Å². The van der Waals surface area contributed by atoms with Gasteiger partial charge in [0.2, 0.25) is 0 Å². The molecule has 0 spiro atoms. The Labute approximate surface area is 122 Å². The van der Waals surface area contributed by atoms with Crippen molar-refractivity contribution >= 4 is 22.9 Å². The van der Waals surface area contributed by atoms with E-state index in [2.05, 4.69) is 13.8 Å². The molecule has 2 nitrogen and oxygen atoms in total. The molecule has 0 aliphatic heterocycles. The van der Waals surface area contributed by atoms with Gasteiger partial charge in [0, 0.05) is 27.2 Å². The van der Waals surface area contributed by atoms with E-state index in [-0.39, 0.29) is 5.92 Å². The highest BCUT2D eigenvalue weighted by molar-refractivity contribution is 7.12. The van der Waals surface area contributed by atoms with Gasteiger partial charge in [0.25, 0.3) is 0 Å². The van der Waals surface area contributed by atoms with Gasteiger partial charge in [-0.2, -0.15) is 0 Å². The average Bonchev–Trinajstić information content (AvgIpc) is 2.70. The Hall–Kier alpha value is -0.870. The number of thiophene rings is 1. The van der Waals surface area contributed by atoms with Crippen LogP contribution in [0.15, 0.2) is 30.3 Å². The van der Waals surface area contributed by atoms with E-state index in [1.165, 1.54) is 10.4 Å². The number of aryl methyl sites for hydroxylation is 2. The number of aliphatic hydroxyl groups is 1. The molecule has 1 aromatic heterocycles. The summed E-state index contributed by atoms with van der Waals surface area (Å²) in [6.07, 6.45) is -0.583. The summed E-state index contributed by atoms with van der Waals surface area (Å²) in [5, 5.41) is 11.2. The lowest BCUT2D eigenvalue weighted by atomic mass is 9.92. The summed E-state index contributed by atoms with van der Waals surface area (Å²) in [4.78, 5) is 2.20. The van der Waals surface area contributed by atoms with Crippen molar-refractivity contribution in [2.45, 2.75) is 25.9 Å². The van der Waals surface area contributed by atoms with Crippen molar-refractivity contribution in [1.82, 2.24) is 0 Å². The summed E-state index contributed by atoms with van der Waals surface area (Å²) < 4.78 is 0. The Kier molecular flexibility index (Phi) is 4.63. The molecule has 102 valence electrons. The van der Waals surface area contributed by atoms with Crippen molar-refractivity contribution in [2.75, 3.05) is 6.54 Å². The molecule has 0 radical (unpaired) electrons. The lowest BCUT2D eigenvalue weighted by Crippen LogP contribution is -2.19. The zero-order chi connectivity index (χ0) is 14.0. The minimum Gasteiger partial charge on any atom is -0.387 e. The molecule has 2 atom stereocenters. The molecule has 0 saturated carbocycles. The third-order valence-electron chi connectivity index (χ3n) is 3.39. The first-order chi connectivity index (χ1) is 9.02. The molecule has 2 aromatic rings. The lowest BCUT2D eigenvalue weighted by molar-refractivity contribution is 0.151. The fourth-order valence-corrected chi connectivity index (χ4v) is 3.42. The standard InChI is InChI=1S/C15H18ClNOS/c1-9-6-14(19-10(9)2)15(18)13(8-17)11-4-3-5-12(16)7-11/h3-7,13,15,18H,8,17H2,1-2H3. The van der Waals surface area contributed by atoms with Crippen LogP contribution in [0.4, 0.5) is 0 Å². The Morgan fingerprint density at radius 2 is 2.05 bits per heavy atom. The minimum atomic E-state index is -0.583. The number of hydrogen-bond acceptors (Lipinski definition) is 3. The van der Waals surface area contributed by atoms with Crippen LogP contribution in [0, 0.1) is 13.8 Å². The molecule has 3 N–H and O–H groups in total. The fraction of sp³-hybridized carbons (Fsp3) is 0.333. The van der Waals surface area contributed by atoms with Gasteiger partial charge in [0.15, 0.2) is 0 Å². The summed E-state index contributed by atoms with van der Waals surface area (Å²) in [6.45, 7) is 4.50. The highest BCUT2D eigenvalue weighted by Gasteiger charge is 2.23. The molecule has 1 aromatic carbocycles. The van der Waals surface area contributed by atoms with Gasteiger partial charge in [0.1, 0.15) is 0 Å². The Morgan fingerprint density at radius 1 is 1.32 bits per heavy atom. The predicted octanol–water partition coefficient (Wildman–Crippen LogP) is 3.79. The smallest absolute Gasteiger partial charge is 0.0962 e. The van der Waals surface area contributed by atoms with Crippen LogP contribution in [0.25, 0.3) is 0 Å². The molecule has 1 heterocycles. The minimum absolute atomic E-state index is 0.129. The SMILES string of the molecule is Cc1cc(C(O)C(CN)c2cccc(Cl)c2)sc1C. The summed E-state index contributed by atoms with van der Waals surface area (Å²) in [7, 11) is 0. The van der Waals surface area contributed by atoms with E-state index in [9.17, 15) is 5.11 Å². The largest absolute Gasteiger partial charge is 0.387 e. The predicted molar refractivity (Wildman–Crippen MR) is 82.0 cm³/mol. The van der Waals surface area contributed by atoms with E-state index in [0.29, 0.717) is 11.6 Å². The molecule has 0 amide bonds. The molecule has 0 fully saturated rings. The maximum absolute atomic E-state index is 10.5. The van der Waals surface area contributed by atoms with E-state index in [1.807, 2.05) is 30.3 Å². The van der Waals surface area contributed by atoms with Crippen LogP contribution >= 0.6 is 22.9 Å². The molecule has 0 aliphatic carbocycles. The Morgan fingerprint density at radius 3 is 2.58 bits per heavy atom. The molecule has 4 heteroatoms. The van der Waals surface area contributed by atoms with Gasteiger partial charge in [-0.05, 0) is 43.2 Å². The van der Waals surface area contributed by atoms with Crippen molar-refractivity contribution in [1.29, 1.82) is 0 Å². The number of benzene rings is 1. The van der Waals surface area contributed by atoms with Gasteiger partial charge in [-0.1, -0.05) is 23.7 Å². The molecule has 0 saturated heterocycles. The van der Waals surface area contributed by atoms with E-state index in [4.69, 9.17) is 17.3 Å².